The van der Waals surface area contributed by atoms with Gasteiger partial charge in [-0.05, 0) is 30.7 Å². The van der Waals surface area contributed by atoms with Gasteiger partial charge in [-0.3, -0.25) is 4.98 Å². The molecule has 2 heterocycles. The molecule has 2 aromatic heterocycles. The fraction of sp³-hybridized carbons (Fsp3) is 0.176. The number of pyridine rings is 1. The van der Waals surface area contributed by atoms with E-state index < -0.39 is 11.7 Å². The molecule has 0 aliphatic heterocycles. The van der Waals surface area contributed by atoms with Crippen LogP contribution in [0.1, 0.15) is 21.8 Å². The Kier molecular flexibility index (Phi) is 4.17. The van der Waals surface area contributed by atoms with Crippen LogP contribution in [0.25, 0.3) is 11.3 Å². The molecule has 0 fully saturated rings. The molecule has 3 rings (SSSR count). The Morgan fingerprint density at radius 1 is 1.13 bits per heavy atom. The number of hydrogen-bond donors (Lipinski definition) is 0. The van der Waals surface area contributed by atoms with Gasteiger partial charge in [-0.15, -0.1) is 11.3 Å². The highest BCUT2D eigenvalue weighted by Gasteiger charge is 2.30. The Hall–Kier alpha value is -2.21. The number of rotatable bonds is 3. The number of halogens is 3. The van der Waals surface area contributed by atoms with Crippen molar-refractivity contribution in [2.45, 2.75) is 19.5 Å². The molecule has 0 N–H and O–H groups in total. The first-order chi connectivity index (χ1) is 10.9. The van der Waals surface area contributed by atoms with Gasteiger partial charge in [0.2, 0.25) is 0 Å². The smallest absolute Gasteiger partial charge is 0.261 e. The average molecular weight is 334 g/mol. The number of thiazole rings is 1. The van der Waals surface area contributed by atoms with Crippen LogP contribution in [0.15, 0.2) is 48.0 Å². The summed E-state index contributed by atoms with van der Waals surface area (Å²) in [5.41, 5.74) is 2.59. The van der Waals surface area contributed by atoms with Crippen LogP contribution in [0.4, 0.5) is 13.2 Å². The van der Waals surface area contributed by atoms with Gasteiger partial charge >= 0.3 is 6.18 Å². The van der Waals surface area contributed by atoms with Gasteiger partial charge in [-0.25, -0.2) is 4.98 Å². The first-order valence-corrected chi connectivity index (χ1v) is 7.83. The normalized spacial score (nSPS) is 11.7. The summed E-state index contributed by atoms with van der Waals surface area (Å²) in [5.74, 6) is 0. The monoisotopic (exact) mass is 334 g/mol. The van der Waals surface area contributed by atoms with Crippen molar-refractivity contribution in [3.8, 4) is 11.3 Å². The Bertz CT molecular complexity index is 807. The van der Waals surface area contributed by atoms with Crippen LogP contribution in [-0.4, -0.2) is 9.97 Å². The summed E-state index contributed by atoms with van der Waals surface area (Å²) in [6.45, 7) is 1.91. The number of alkyl halides is 3. The minimum Gasteiger partial charge on any atom is -0.261 e. The fourth-order valence-electron chi connectivity index (χ4n) is 2.18. The van der Waals surface area contributed by atoms with E-state index in [4.69, 9.17) is 0 Å². The molecule has 0 aliphatic rings. The summed E-state index contributed by atoms with van der Waals surface area (Å²) < 4.78 is 38.2. The highest BCUT2D eigenvalue weighted by Crippen LogP contribution is 2.30. The summed E-state index contributed by atoms with van der Waals surface area (Å²) in [4.78, 5) is 8.72. The first kappa shape index (κ1) is 15.7. The molecular weight excluding hydrogens is 321 g/mol. The van der Waals surface area contributed by atoms with Crippen molar-refractivity contribution in [3.05, 3.63) is 69.8 Å². The molecule has 3 aromatic rings. The van der Waals surface area contributed by atoms with Gasteiger partial charge in [0.25, 0.3) is 0 Å². The van der Waals surface area contributed by atoms with Crippen LogP contribution < -0.4 is 0 Å². The minimum atomic E-state index is -4.32. The van der Waals surface area contributed by atoms with Crippen molar-refractivity contribution in [1.29, 1.82) is 0 Å². The van der Waals surface area contributed by atoms with Gasteiger partial charge < -0.3 is 0 Å². The molecule has 0 atom stereocenters. The molecular formula is C17H13F3N2S. The van der Waals surface area contributed by atoms with Gasteiger partial charge in [0.05, 0.1) is 16.3 Å². The van der Waals surface area contributed by atoms with Gasteiger partial charge in [-0.1, -0.05) is 18.2 Å². The van der Waals surface area contributed by atoms with Crippen LogP contribution in [0.2, 0.25) is 0 Å². The second-order valence-electron chi connectivity index (χ2n) is 5.19. The molecule has 0 aliphatic carbocycles. The lowest BCUT2D eigenvalue weighted by Crippen LogP contribution is -2.05. The van der Waals surface area contributed by atoms with Crippen molar-refractivity contribution >= 4 is 11.3 Å². The van der Waals surface area contributed by atoms with E-state index in [0.717, 1.165) is 28.0 Å². The molecule has 6 heteroatoms. The Balaban J connectivity index is 1.81. The molecule has 0 amide bonds. The third-order valence-electron chi connectivity index (χ3n) is 3.37. The third kappa shape index (κ3) is 3.76. The topological polar surface area (TPSA) is 25.8 Å². The van der Waals surface area contributed by atoms with E-state index in [1.54, 1.807) is 12.3 Å². The second-order valence-corrected chi connectivity index (χ2v) is 6.13. The molecule has 1 aromatic carbocycles. The molecule has 0 bridgehead atoms. The number of benzene rings is 1. The Morgan fingerprint density at radius 2 is 1.96 bits per heavy atom. The summed E-state index contributed by atoms with van der Waals surface area (Å²) in [6, 6.07) is 9.20. The SMILES string of the molecule is Cc1ccc(-c2csc(Cc3cccc(C(F)(F)F)c3)n2)cn1. The van der Waals surface area contributed by atoms with E-state index in [0.29, 0.717) is 12.0 Å². The maximum atomic E-state index is 12.7. The van der Waals surface area contributed by atoms with Crippen molar-refractivity contribution in [2.24, 2.45) is 0 Å². The van der Waals surface area contributed by atoms with Gasteiger partial charge in [0.1, 0.15) is 0 Å². The van der Waals surface area contributed by atoms with Crippen LogP contribution >= 0.6 is 11.3 Å². The van der Waals surface area contributed by atoms with Crippen molar-refractivity contribution in [3.63, 3.8) is 0 Å². The molecule has 0 radical (unpaired) electrons. The third-order valence-corrected chi connectivity index (χ3v) is 4.22. The van der Waals surface area contributed by atoms with Gasteiger partial charge in [0.15, 0.2) is 0 Å². The first-order valence-electron chi connectivity index (χ1n) is 6.95. The zero-order chi connectivity index (χ0) is 16.4. The molecule has 2 nitrogen and oxygen atoms in total. The predicted octanol–water partition coefficient (Wildman–Crippen LogP) is 5.12. The Labute approximate surface area is 135 Å². The molecule has 0 saturated carbocycles. The summed E-state index contributed by atoms with van der Waals surface area (Å²) in [7, 11) is 0. The number of hydrogen-bond acceptors (Lipinski definition) is 3. The largest absolute Gasteiger partial charge is 0.416 e. The average Bonchev–Trinajstić information content (AvgIpc) is 2.96. The van der Waals surface area contributed by atoms with E-state index in [2.05, 4.69) is 9.97 Å². The maximum Gasteiger partial charge on any atom is 0.416 e. The highest BCUT2D eigenvalue weighted by molar-refractivity contribution is 7.10. The standard InChI is InChI=1S/C17H13F3N2S/c1-11-5-6-13(9-21-11)15-10-23-16(22-15)8-12-3-2-4-14(7-12)17(18,19)20/h2-7,9-10H,8H2,1H3. The van der Waals surface area contributed by atoms with E-state index in [-0.39, 0.29) is 0 Å². The maximum absolute atomic E-state index is 12.7. The number of aromatic nitrogens is 2. The summed E-state index contributed by atoms with van der Waals surface area (Å²) >= 11 is 1.44. The van der Waals surface area contributed by atoms with E-state index in [1.807, 2.05) is 24.4 Å². The molecule has 118 valence electrons. The predicted molar refractivity (Wildman–Crippen MR) is 84.3 cm³/mol. The van der Waals surface area contributed by atoms with Crippen LogP contribution in [-0.2, 0) is 12.6 Å². The second kappa shape index (κ2) is 6.12. The molecule has 0 saturated heterocycles. The lowest BCUT2D eigenvalue weighted by molar-refractivity contribution is -0.137. The van der Waals surface area contributed by atoms with Crippen LogP contribution in [0.3, 0.4) is 0 Å². The lowest BCUT2D eigenvalue weighted by Gasteiger charge is -2.07. The summed E-state index contributed by atoms with van der Waals surface area (Å²) in [5, 5.41) is 2.68. The van der Waals surface area contributed by atoms with E-state index in [9.17, 15) is 13.2 Å². The van der Waals surface area contributed by atoms with Crippen molar-refractivity contribution in [2.75, 3.05) is 0 Å². The quantitative estimate of drug-likeness (QED) is 0.664. The summed E-state index contributed by atoms with van der Waals surface area (Å²) in [6.07, 6.45) is -2.19. The van der Waals surface area contributed by atoms with Crippen LogP contribution in [0.5, 0.6) is 0 Å². The van der Waals surface area contributed by atoms with Crippen LogP contribution in [0, 0.1) is 6.92 Å². The number of nitrogens with zero attached hydrogens (tertiary/aromatic N) is 2. The van der Waals surface area contributed by atoms with Gasteiger partial charge in [-0.2, -0.15) is 13.2 Å². The van der Waals surface area contributed by atoms with Crippen molar-refractivity contribution < 1.29 is 13.2 Å². The molecule has 0 unspecified atom stereocenters. The van der Waals surface area contributed by atoms with E-state index in [1.165, 1.54) is 23.5 Å². The fourth-order valence-corrected chi connectivity index (χ4v) is 3.01. The van der Waals surface area contributed by atoms with Crippen molar-refractivity contribution in [1.82, 2.24) is 9.97 Å². The zero-order valence-corrected chi connectivity index (χ0v) is 13.1. The van der Waals surface area contributed by atoms with E-state index >= 15 is 0 Å². The minimum absolute atomic E-state index is 0.383. The zero-order valence-electron chi connectivity index (χ0n) is 12.3. The van der Waals surface area contributed by atoms with Gasteiger partial charge in [0, 0.05) is 29.3 Å². The lowest BCUT2D eigenvalue weighted by atomic mass is 10.1. The molecule has 0 spiro atoms. The number of aryl methyl sites for hydroxylation is 1. The molecule has 23 heavy (non-hydrogen) atoms. The highest BCUT2D eigenvalue weighted by atomic mass is 32.1. The Morgan fingerprint density at radius 3 is 2.65 bits per heavy atom.